The number of hydrogen-bond donors (Lipinski definition) is 1. The Morgan fingerprint density at radius 2 is 2.10 bits per heavy atom. The highest BCUT2D eigenvalue weighted by atomic mass is 15.3. The number of para-hydroxylation sites is 1. The molecule has 1 unspecified atom stereocenters. The highest BCUT2D eigenvalue weighted by molar-refractivity contribution is 5.81. The van der Waals surface area contributed by atoms with Gasteiger partial charge in [0.25, 0.3) is 0 Å². The molecule has 1 atom stereocenters. The van der Waals surface area contributed by atoms with Crippen LogP contribution in [0.4, 0.5) is 0 Å². The van der Waals surface area contributed by atoms with Gasteiger partial charge in [0.05, 0.1) is 5.52 Å². The molecule has 3 heteroatoms. The van der Waals surface area contributed by atoms with E-state index in [9.17, 15) is 0 Å². The third kappa shape index (κ3) is 2.56. The van der Waals surface area contributed by atoms with Crippen LogP contribution in [0.25, 0.3) is 10.9 Å². The Balaban J connectivity index is 1.92. The molecule has 1 aliphatic heterocycles. The summed E-state index contributed by atoms with van der Waals surface area (Å²) in [6, 6.07) is 11.1. The molecular weight excluding hydrogens is 246 g/mol. The Morgan fingerprint density at radius 1 is 1.30 bits per heavy atom. The summed E-state index contributed by atoms with van der Waals surface area (Å²) in [6.07, 6.45) is 1.93. The van der Waals surface area contributed by atoms with Crippen LogP contribution in [0.3, 0.4) is 0 Å². The van der Waals surface area contributed by atoms with Crippen LogP contribution in [-0.2, 0) is 6.54 Å². The van der Waals surface area contributed by atoms with Crippen LogP contribution in [0.1, 0.15) is 26.3 Å². The first-order valence-corrected chi connectivity index (χ1v) is 7.37. The molecule has 0 aliphatic carbocycles. The van der Waals surface area contributed by atoms with Crippen LogP contribution < -0.4 is 5.32 Å². The summed E-state index contributed by atoms with van der Waals surface area (Å²) in [5.74, 6) is 0. The second-order valence-corrected chi connectivity index (χ2v) is 6.46. The second kappa shape index (κ2) is 5.15. The van der Waals surface area contributed by atoms with Crippen molar-refractivity contribution >= 4 is 10.9 Å². The van der Waals surface area contributed by atoms with Gasteiger partial charge >= 0.3 is 0 Å². The van der Waals surface area contributed by atoms with Gasteiger partial charge < -0.3 is 5.32 Å². The predicted octanol–water partition coefficient (Wildman–Crippen LogP) is 2.81. The molecule has 3 rings (SSSR count). The molecule has 0 bridgehead atoms. The van der Waals surface area contributed by atoms with Crippen molar-refractivity contribution < 1.29 is 0 Å². The third-order valence-corrected chi connectivity index (χ3v) is 4.33. The van der Waals surface area contributed by atoms with Gasteiger partial charge in [0.1, 0.15) is 0 Å². The molecule has 2 heterocycles. The Kier molecular flexibility index (Phi) is 3.48. The number of rotatable bonds is 2. The fourth-order valence-electron chi connectivity index (χ4n) is 2.96. The van der Waals surface area contributed by atoms with Crippen LogP contribution in [0.5, 0.6) is 0 Å². The van der Waals surface area contributed by atoms with Crippen molar-refractivity contribution in [2.75, 3.05) is 13.1 Å². The number of nitrogens with one attached hydrogen (secondary N) is 1. The fraction of sp³-hybridized carbons (Fsp3) is 0.471. The molecule has 2 aromatic rings. The van der Waals surface area contributed by atoms with E-state index in [4.69, 9.17) is 0 Å². The summed E-state index contributed by atoms with van der Waals surface area (Å²) >= 11 is 0. The van der Waals surface area contributed by atoms with Gasteiger partial charge in [0, 0.05) is 42.8 Å². The van der Waals surface area contributed by atoms with Crippen molar-refractivity contribution in [1.29, 1.82) is 0 Å². The first-order chi connectivity index (χ1) is 9.56. The van der Waals surface area contributed by atoms with Crippen LogP contribution in [-0.4, -0.2) is 34.6 Å². The minimum Gasteiger partial charge on any atom is -0.311 e. The Morgan fingerprint density at radius 3 is 2.95 bits per heavy atom. The maximum atomic E-state index is 4.46. The van der Waals surface area contributed by atoms with Crippen molar-refractivity contribution in [3.05, 3.63) is 42.1 Å². The summed E-state index contributed by atoms with van der Waals surface area (Å²) in [5, 5.41) is 4.85. The summed E-state index contributed by atoms with van der Waals surface area (Å²) in [4.78, 5) is 7.03. The topological polar surface area (TPSA) is 28.2 Å². The zero-order valence-electron chi connectivity index (χ0n) is 12.6. The van der Waals surface area contributed by atoms with Crippen molar-refractivity contribution in [2.45, 2.75) is 38.9 Å². The molecule has 1 fully saturated rings. The lowest BCUT2D eigenvalue weighted by atomic mass is 9.96. The van der Waals surface area contributed by atoms with Gasteiger partial charge in [0.15, 0.2) is 0 Å². The maximum absolute atomic E-state index is 4.46. The Hall–Kier alpha value is -1.45. The van der Waals surface area contributed by atoms with E-state index in [0.29, 0.717) is 6.04 Å². The number of aromatic nitrogens is 1. The molecule has 1 N–H and O–H groups in total. The zero-order chi connectivity index (χ0) is 14.2. The molecule has 0 saturated carbocycles. The predicted molar refractivity (Wildman–Crippen MR) is 83.7 cm³/mol. The van der Waals surface area contributed by atoms with Gasteiger partial charge in [-0.3, -0.25) is 9.88 Å². The number of hydrogen-bond acceptors (Lipinski definition) is 3. The molecule has 20 heavy (non-hydrogen) atoms. The molecule has 0 amide bonds. The average molecular weight is 269 g/mol. The fourth-order valence-corrected chi connectivity index (χ4v) is 2.96. The normalized spacial score (nSPS) is 23.1. The minimum absolute atomic E-state index is 0.191. The molecular formula is C17H23N3. The van der Waals surface area contributed by atoms with Crippen LogP contribution in [0.15, 0.2) is 36.5 Å². The Bertz CT molecular complexity index is 601. The molecule has 106 valence electrons. The summed E-state index contributed by atoms with van der Waals surface area (Å²) in [6.45, 7) is 10.0. The molecule has 1 aromatic carbocycles. The van der Waals surface area contributed by atoms with Crippen molar-refractivity contribution in [2.24, 2.45) is 0 Å². The van der Waals surface area contributed by atoms with Crippen LogP contribution in [0, 0.1) is 0 Å². The number of fused-ring (bicyclic) bond motifs is 1. The molecule has 3 nitrogen and oxygen atoms in total. The lowest BCUT2D eigenvalue weighted by Crippen LogP contribution is -2.60. The van der Waals surface area contributed by atoms with Crippen molar-refractivity contribution in [3.63, 3.8) is 0 Å². The molecule has 1 aliphatic rings. The highest BCUT2D eigenvalue weighted by Crippen LogP contribution is 2.24. The van der Waals surface area contributed by atoms with E-state index in [-0.39, 0.29) is 5.54 Å². The minimum atomic E-state index is 0.191. The Labute approximate surface area is 121 Å². The smallest absolute Gasteiger partial charge is 0.0705 e. The summed E-state index contributed by atoms with van der Waals surface area (Å²) < 4.78 is 0. The zero-order valence-corrected chi connectivity index (χ0v) is 12.6. The monoisotopic (exact) mass is 269 g/mol. The lowest BCUT2D eigenvalue weighted by molar-refractivity contribution is 0.0630. The summed E-state index contributed by atoms with van der Waals surface area (Å²) in [7, 11) is 0. The highest BCUT2D eigenvalue weighted by Gasteiger charge is 2.32. The second-order valence-electron chi connectivity index (χ2n) is 6.46. The number of nitrogens with zero attached hydrogens (tertiary/aromatic N) is 2. The lowest BCUT2D eigenvalue weighted by Gasteiger charge is -2.45. The van der Waals surface area contributed by atoms with Gasteiger partial charge in [0.2, 0.25) is 0 Å². The first-order valence-electron chi connectivity index (χ1n) is 7.37. The van der Waals surface area contributed by atoms with E-state index in [1.165, 1.54) is 10.9 Å². The third-order valence-electron chi connectivity index (χ3n) is 4.33. The number of piperazine rings is 1. The summed E-state index contributed by atoms with van der Waals surface area (Å²) in [5.41, 5.74) is 2.65. The van der Waals surface area contributed by atoms with Crippen LogP contribution >= 0.6 is 0 Å². The van der Waals surface area contributed by atoms with Gasteiger partial charge in [-0.25, -0.2) is 0 Å². The van der Waals surface area contributed by atoms with E-state index in [1.54, 1.807) is 0 Å². The number of benzene rings is 1. The van der Waals surface area contributed by atoms with E-state index in [1.807, 2.05) is 6.20 Å². The van der Waals surface area contributed by atoms with E-state index >= 15 is 0 Å². The molecule has 1 aromatic heterocycles. The van der Waals surface area contributed by atoms with Gasteiger partial charge in [-0.2, -0.15) is 0 Å². The number of pyridine rings is 1. The van der Waals surface area contributed by atoms with E-state index in [0.717, 1.165) is 25.2 Å². The standard InChI is InChI=1S/C17H23N3/c1-13-10-20(17(2,3)12-19-13)11-14-8-9-18-16-7-5-4-6-15(14)16/h4-9,13,19H,10-12H2,1-3H3. The van der Waals surface area contributed by atoms with Gasteiger partial charge in [-0.05, 0) is 38.5 Å². The first kappa shape index (κ1) is 13.5. The SMILES string of the molecule is CC1CN(Cc2ccnc3ccccc23)C(C)(C)CN1. The largest absolute Gasteiger partial charge is 0.311 e. The molecule has 0 spiro atoms. The quantitative estimate of drug-likeness (QED) is 0.908. The maximum Gasteiger partial charge on any atom is 0.0705 e. The average Bonchev–Trinajstić information content (AvgIpc) is 2.44. The van der Waals surface area contributed by atoms with Gasteiger partial charge in [-0.15, -0.1) is 0 Å². The molecule has 1 saturated heterocycles. The van der Waals surface area contributed by atoms with Gasteiger partial charge in [-0.1, -0.05) is 18.2 Å². The van der Waals surface area contributed by atoms with Crippen molar-refractivity contribution in [3.8, 4) is 0 Å². The van der Waals surface area contributed by atoms with Crippen LogP contribution in [0.2, 0.25) is 0 Å². The van der Waals surface area contributed by atoms with Crippen molar-refractivity contribution in [1.82, 2.24) is 15.2 Å². The molecule has 0 radical (unpaired) electrons. The van der Waals surface area contributed by atoms with E-state index in [2.05, 4.69) is 66.3 Å². The van der Waals surface area contributed by atoms with E-state index < -0.39 is 0 Å².